The largest absolute Gasteiger partial charge is 0.858 e. The van der Waals surface area contributed by atoms with Crippen LogP contribution in [-0.2, 0) is 49.0 Å². The molecule has 0 aromatic heterocycles. The van der Waals surface area contributed by atoms with Gasteiger partial charge in [-0.1, -0.05) is 130 Å². The van der Waals surface area contributed by atoms with Crippen LogP contribution in [0.2, 0.25) is 0 Å². The number of ether oxygens (including phenoxy) is 7. The molecule has 6 fully saturated rings. The third-order valence-electron chi connectivity index (χ3n) is 18.4. The van der Waals surface area contributed by atoms with E-state index in [1.165, 1.54) is 16.1 Å². The topological polar surface area (TPSA) is 314 Å². The molecule has 23 heteroatoms. The number of carbonyl (C=O) groups excluding carboxylic acids is 3. The minimum Gasteiger partial charge on any atom is -0.858 e. The number of aliphatic hydroxyl groups excluding tert-OH is 2. The van der Waals surface area contributed by atoms with Crippen LogP contribution in [0.25, 0.3) is 0 Å². The lowest BCUT2D eigenvalue weighted by Crippen LogP contribution is -2.60. The number of hydrazine groups is 1. The molecule has 97 heavy (non-hydrogen) atoms. The summed E-state index contributed by atoms with van der Waals surface area (Å²) in [7, 11) is 10.4. The Morgan fingerprint density at radius 3 is 1.23 bits per heavy atom. The van der Waals surface area contributed by atoms with Crippen LogP contribution in [0.4, 0.5) is 0 Å². The second kappa shape index (κ2) is 36.6. The number of hydrogen-bond donors (Lipinski definition) is 6. The first-order valence-corrected chi connectivity index (χ1v) is 33.3. The molecular formula is C74H111N6O17+. The number of benzene rings is 4. The summed E-state index contributed by atoms with van der Waals surface area (Å²) in [6.07, 6.45) is 7.77. The average molecular weight is 1360 g/mol. The maximum absolute atomic E-state index is 13.0. The van der Waals surface area contributed by atoms with Crippen molar-refractivity contribution < 1.29 is 91.8 Å². The number of esters is 2. The zero-order chi connectivity index (χ0) is 69.3. The Kier molecular flexibility index (Phi) is 30.3. The highest BCUT2D eigenvalue weighted by molar-refractivity contribution is 5.96. The Labute approximate surface area is 574 Å². The van der Waals surface area contributed by atoms with Gasteiger partial charge in [0.2, 0.25) is 0 Å². The first-order chi connectivity index (χ1) is 44.9. The number of nitrogens with zero attached hydrogens (tertiary/aromatic N) is 4. The minimum atomic E-state index is -0.964. The molecule has 4 aromatic rings. The van der Waals surface area contributed by atoms with Gasteiger partial charge in [-0.05, 0) is 109 Å². The fourth-order valence-electron chi connectivity index (χ4n) is 12.7. The summed E-state index contributed by atoms with van der Waals surface area (Å²) in [5.41, 5.74) is 7.01. The molecule has 10 unspecified atom stereocenters. The fraction of sp³-hybridized carbons (Fsp3) is 0.595. The molecule has 7 N–H and O–H groups in total. The number of nitrogens with two attached hydrogens (primary N) is 1. The van der Waals surface area contributed by atoms with Gasteiger partial charge in [0.25, 0.3) is 5.91 Å². The molecule has 0 spiro atoms. The van der Waals surface area contributed by atoms with Crippen LogP contribution in [0, 0.1) is 35.5 Å². The molecule has 10 rings (SSSR count). The van der Waals surface area contributed by atoms with Gasteiger partial charge < -0.3 is 58.7 Å². The number of carbonyl (C=O) groups is 5. The Bertz CT molecular complexity index is 3060. The number of nitrogens with one attached hydrogen (secondary N) is 1. The van der Waals surface area contributed by atoms with E-state index in [-0.39, 0.29) is 103 Å². The van der Waals surface area contributed by atoms with Crippen molar-refractivity contribution in [1.82, 2.24) is 10.4 Å². The Morgan fingerprint density at radius 1 is 0.567 bits per heavy atom. The third kappa shape index (κ3) is 24.9. The summed E-state index contributed by atoms with van der Waals surface area (Å²) >= 11 is 0. The molecule has 3 saturated carbocycles. The number of amides is 1. The number of hydrogen-bond acceptors (Lipinski definition) is 18. The van der Waals surface area contributed by atoms with Crippen molar-refractivity contribution in [2.75, 3.05) is 95.0 Å². The van der Waals surface area contributed by atoms with E-state index in [4.69, 9.17) is 34.3 Å². The maximum atomic E-state index is 13.0. The molecular weight excluding hydrogens is 1240 g/mol. The number of carboxylic acid groups (broad SMARTS) is 2. The molecule has 538 valence electrons. The molecule has 10 atom stereocenters. The van der Waals surface area contributed by atoms with Crippen LogP contribution in [-0.4, -0.2) is 190 Å². The van der Waals surface area contributed by atoms with Gasteiger partial charge in [0.05, 0.1) is 71.0 Å². The molecule has 3 heterocycles. The number of quaternary nitrogens is 2. The first-order valence-electron chi connectivity index (χ1n) is 33.3. The summed E-state index contributed by atoms with van der Waals surface area (Å²) in [6.45, 7) is 11.9. The summed E-state index contributed by atoms with van der Waals surface area (Å²) < 4.78 is 37.9. The summed E-state index contributed by atoms with van der Waals surface area (Å²) in [5.74, 6) is 1.81. The zero-order valence-electron chi connectivity index (χ0n) is 57.1. The fourth-order valence-corrected chi connectivity index (χ4v) is 12.7. The van der Waals surface area contributed by atoms with Gasteiger partial charge >= 0.3 is 23.9 Å². The number of carboxylic acids is 2. The van der Waals surface area contributed by atoms with Crippen molar-refractivity contribution in [3.8, 4) is 23.0 Å². The lowest BCUT2D eigenvalue weighted by Gasteiger charge is -2.34. The minimum absolute atomic E-state index is 0. The monoisotopic (exact) mass is 1360 g/mol. The molecule has 0 radical (unpaired) electrons. The number of epoxide rings is 2. The van der Waals surface area contributed by atoms with Crippen molar-refractivity contribution in [3.63, 3.8) is 0 Å². The number of aliphatic carboxylic acids is 2. The quantitative estimate of drug-likeness (QED) is 0.00503. The van der Waals surface area contributed by atoms with Crippen molar-refractivity contribution in [1.29, 1.82) is 0 Å². The second-order valence-corrected chi connectivity index (χ2v) is 28.3. The molecule has 1 amide bonds. The normalized spacial score (nSPS) is 22.8. The van der Waals surface area contributed by atoms with Crippen LogP contribution in [0.5, 0.6) is 23.0 Å². The van der Waals surface area contributed by atoms with E-state index in [2.05, 4.69) is 67.2 Å². The van der Waals surface area contributed by atoms with Gasteiger partial charge in [-0.3, -0.25) is 34.8 Å². The molecule has 4 aromatic carbocycles. The van der Waals surface area contributed by atoms with Gasteiger partial charge in [0.15, 0.2) is 0 Å². The lowest BCUT2D eigenvalue weighted by molar-refractivity contribution is -0.928. The number of rotatable bonds is 26. The Morgan fingerprint density at radius 2 is 0.876 bits per heavy atom. The van der Waals surface area contributed by atoms with Crippen molar-refractivity contribution in [3.05, 3.63) is 119 Å². The Hall–Kier alpha value is -7.22. The van der Waals surface area contributed by atoms with E-state index in [0.29, 0.717) is 50.4 Å². The van der Waals surface area contributed by atoms with E-state index in [0.717, 1.165) is 87.2 Å². The molecule has 6 aliphatic rings. The van der Waals surface area contributed by atoms with Crippen molar-refractivity contribution >= 4 is 35.7 Å². The Balaban J connectivity index is 0.000000327. The van der Waals surface area contributed by atoms with Gasteiger partial charge in [0, 0.05) is 36.7 Å². The van der Waals surface area contributed by atoms with Crippen LogP contribution in [0.15, 0.2) is 102 Å². The second-order valence-electron chi connectivity index (χ2n) is 28.3. The number of likely N-dealkylation sites (N-methyl/N-ethyl adjacent to an activating group) is 2. The number of cyclic esters (lactones) is 2. The van der Waals surface area contributed by atoms with Crippen LogP contribution >= 0.6 is 0 Å². The first kappa shape index (κ1) is 80.5. The van der Waals surface area contributed by atoms with Crippen LogP contribution in [0.3, 0.4) is 0 Å². The molecule has 3 saturated heterocycles. The maximum Gasteiger partial charge on any atom is 0.317 e. The van der Waals surface area contributed by atoms with Gasteiger partial charge in [0.1, 0.15) is 86.9 Å². The molecule has 3 aliphatic heterocycles. The van der Waals surface area contributed by atoms with Gasteiger partial charge in [-0.15, -0.1) is 5.10 Å². The van der Waals surface area contributed by atoms with E-state index in [1.807, 2.05) is 72.8 Å². The van der Waals surface area contributed by atoms with Gasteiger partial charge in [-0.2, -0.15) is 0 Å². The summed E-state index contributed by atoms with van der Waals surface area (Å²) in [4.78, 5) is 58.2. The molecule has 0 bridgehead atoms. The van der Waals surface area contributed by atoms with Gasteiger partial charge in [-0.25, -0.2) is 14.6 Å². The van der Waals surface area contributed by atoms with E-state index < -0.39 is 53.7 Å². The van der Waals surface area contributed by atoms with Crippen LogP contribution in [0.1, 0.15) is 142 Å². The average Bonchev–Trinajstić information content (AvgIpc) is 1.30. The molecule has 23 nitrogen and oxygen atoms in total. The SMILES string of the molecule is C.C.CC(C)(c1ccc(OCC(O)C[N+](C)(C)N=C([O-])C2CCCCC2C(=O)O)cc1)c1ccc(OCC(O)C[N+](C)(C)NC(=O)C2CCCCC2C(=O)O)cc1.CC(C)(c1ccc(OCC2CO2)cc1)c1ccc(OCC2CO2)cc1.CN(C)N.O=C1OC(=O)C2CCCCC12. The number of fused-ring (bicyclic) bond motifs is 1. The van der Waals surface area contributed by atoms with Crippen LogP contribution < -0.4 is 35.3 Å². The highest BCUT2D eigenvalue weighted by atomic mass is 16.6. The van der Waals surface area contributed by atoms with Crippen molar-refractivity contribution in [2.45, 2.75) is 155 Å². The predicted octanol–water partition coefficient (Wildman–Crippen LogP) is 8.27. The molecule has 3 aliphatic carbocycles. The number of aliphatic hydroxyl groups is 2. The van der Waals surface area contributed by atoms with E-state index in [1.54, 1.807) is 42.3 Å². The third-order valence-corrected chi connectivity index (χ3v) is 18.4. The smallest absolute Gasteiger partial charge is 0.317 e. The standard InChI is InChI=1S/C41H60N4O10.C21H24O4.C8H10O3.C2H8N2.2CH4/c1-41(2,27-15-19-31(20-16-27)54-25-29(46)23-44(3,4)42-37(48)33-11-7-9-13-35(33)39(50)51)28-17-21-32(22-18-28)55-26-30(47)24-45(5,6)43-38(49)34-12-8-10-14-36(34)40(52)53;1-21(2,15-3-7-17(8-4-15)22-11-19-13-24-19)16-5-9-18(10-6-16)23-12-20-14-25-20;9-7-5-3-1-2-4-6(5)8(10)11-7;1-4(2)3;;/h15-22,29-30,33-36,46-47H,7-14,23-26H2,1-6H3,(H2-2,42,43,48,49,50,51,52,53);3-10,19-20H,11-14H2,1-2H3;5-6H,1-4H2;3H2,1-2H3;2*1H4/p+1. The van der Waals surface area contributed by atoms with E-state index in [9.17, 15) is 49.5 Å². The zero-order valence-corrected chi connectivity index (χ0v) is 57.1. The van der Waals surface area contributed by atoms with Crippen molar-refractivity contribution in [2.24, 2.45) is 46.5 Å². The lowest BCUT2D eigenvalue weighted by atomic mass is 9.78. The summed E-state index contributed by atoms with van der Waals surface area (Å²) in [6, 6.07) is 31.9. The summed E-state index contributed by atoms with van der Waals surface area (Å²) in [5, 5.41) is 59.2. The highest BCUT2D eigenvalue weighted by Gasteiger charge is 2.45. The van der Waals surface area contributed by atoms with E-state index >= 15 is 0 Å². The highest BCUT2D eigenvalue weighted by Crippen LogP contribution is 2.38. The predicted molar refractivity (Wildman–Crippen MR) is 367 cm³/mol.